The van der Waals surface area contributed by atoms with Gasteiger partial charge in [0.1, 0.15) is 16.8 Å². The van der Waals surface area contributed by atoms with Gasteiger partial charge in [-0.15, -0.1) is 0 Å². The van der Waals surface area contributed by atoms with Crippen LogP contribution in [0.4, 0.5) is 0 Å². The van der Waals surface area contributed by atoms with E-state index in [0.717, 1.165) is 0 Å². The third kappa shape index (κ3) is 2.16. The van der Waals surface area contributed by atoms with Crippen molar-refractivity contribution in [1.82, 2.24) is 0 Å². The Kier molecular flexibility index (Phi) is 3.63. The second kappa shape index (κ2) is 3.68. The standard InChI is InChI=1S/C10H22O5/c1-7(2,12)9(4,14)10(5,15)8(3,13)6-11/h11-15H,6H2,1-5H3. The third-order valence-corrected chi connectivity index (χ3v) is 3.50. The molecule has 0 aromatic rings. The van der Waals surface area contributed by atoms with Gasteiger partial charge in [0, 0.05) is 0 Å². The first kappa shape index (κ1) is 14.8. The van der Waals surface area contributed by atoms with Crippen LogP contribution in [0.2, 0.25) is 0 Å². The van der Waals surface area contributed by atoms with Gasteiger partial charge in [0.2, 0.25) is 0 Å². The number of rotatable bonds is 4. The van der Waals surface area contributed by atoms with Crippen molar-refractivity contribution in [2.45, 2.75) is 57.0 Å². The quantitative estimate of drug-likeness (QED) is 0.420. The fraction of sp³-hybridized carbons (Fsp3) is 1.00. The summed E-state index contributed by atoms with van der Waals surface area (Å²) in [5.41, 5.74) is -7.59. The molecule has 5 heteroatoms. The number of aliphatic hydroxyl groups is 5. The highest BCUT2D eigenvalue weighted by Crippen LogP contribution is 2.39. The van der Waals surface area contributed by atoms with Crippen LogP contribution in [0, 0.1) is 0 Å². The fourth-order valence-electron chi connectivity index (χ4n) is 1.27. The second-order valence-corrected chi connectivity index (χ2v) is 5.14. The monoisotopic (exact) mass is 222 g/mol. The maximum atomic E-state index is 10.1. The van der Waals surface area contributed by atoms with Crippen molar-refractivity contribution < 1.29 is 25.5 Å². The molecular weight excluding hydrogens is 200 g/mol. The zero-order chi connectivity index (χ0) is 12.7. The summed E-state index contributed by atoms with van der Waals surface area (Å²) in [5.74, 6) is 0. The van der Waals surface area contributed by atoms with Crippen LogP contribution in [-0.2, 0) is 0 Å². The Morgan fingerprint density at radius 2 is 1.07 bits per heavy atom. The van der Waals surface area contributed by atoms with E-state index in [9.17, 15) is 20.4 Å². The average molecular weight is 222 g/mol. The Labute approximate surface area is 90.0 Å². The van der Waals surface area contributed by atoms with Crippen LogP contribution in [-0.4, -0.2) is 54.5 Å². The van der Waals surface area contributed by atoms with E-state index in [2.05, 4.69) is 0 Å². The molecule has 0 saturated heterocycles. The largest absolute Gasteiger partial charge is 0.393 e. The van der Waals surface area contributed by atoms with Gasteiger partial charge in [-0.1, -0.05) is 0 Å². The fourth-order valence-corrected chi connectivity index (χ4v) is 1.27. The molecule has 0 aliphatic rings. The van der Waals surface area contributed by atoms with Crippen molar-refractivity contribution >= 4 is 0 Å². The molecule has 0 aromatic heterocycles. The molecule has 0 heterocycles. The maximum Gasteiger partial charge on any atom is 0.123 e. The first-order valence-electron chi connectivity index (χ1n) is 4.81. The topological polar surface area (TPSA) is 101 Å². The lowest BCUT2D eigenvalue weighted by Gasteiger charge is -2.51. The van der Waals surface area contributed by atoms with Crippen LogP contribution in [0.5, 0.6) is 0 Å². The van der Waals surface area contributed by atoms with Crippen LogP contribution < -0.4 is 0 Å². The molecule has 0 aliphatic carbocycles. The Morgan fingerprint density at radius 1 is 0.733 bits per heavy atom. The molecule has 15 heavy (non-hydrogen) atoms. The van der Waals surface area contributed by atoms with Crippen molar-refractivity contribution in [3.63, 3.8) is 0 Å². The minimum absolute atomic E-state index is 0.730. The smallest absolute Gasteiger partial charge is 0.123 e. The SMILES string of the molecule is CC(C)(O)C(C)(O)C(C)(O)C(C)(O)CO. The molecule has 92 valence electrons. The third-order valence-electron chi connectivity index (χ3n) is 3.50. The van der Waals surface area contributed by atoms with E-state index in [0.29, 0.717) is 0 Å². The molecular formula is C10H22O5. The molecule has 0 rings (SSSR count). The zero-order valence-electron chi connectivity index (χ0n) is 9.94. The molecule has 0 amide bonds. The summed E-state index contributed by atoms with van der Waals surface area (Å²) < 4.78 is 0. The van der Waals surface area contributed by atoms with Gasteiger partial charge in [0.15, 0.2) is 0 Å². The first-order chi connectivity index (χ1) is 6.31. The Balaban J connectivity index is 5.38. The lowest BCUT2D eigenvalue weighted by Crippen LogP contribution is -2.72. The highest BCUT2D eigenvalue weighted by molar-refractivity contribution is 5.11. The van der Waals surface area contributed by atoms with E-state index in [-0.39, 0.29) is 0 Å². The van der Waals surface area contributed by atoms with E-state index in [1.165, 1.54) is 34.6 Å². The van der Waals surface area contributed by atoms with Gasteiger partial charge in [-0.3, -0.25) is 0 Å². The van der Waals surface area contributed by atoms with Crippen molar-refractivity contribution in [3.05, 3.63) is 0 Å². The van der Waals surface area contributed by atoms with Gasteiger partial charge >= 0.3 is 0 Å². The number of hydrogen-bond donors (Lipinski definition) is 5. The van der Waals surface area contributed by atoms with E-state index in [1.54, 1.807) is 0 Å². The summed E-state index contributed by atoms with van der Waals surface area (Å²) in [4.78, 5) is 0. The van der Waals surface area contributed by atoms with Crippen molar-refractivity contribution in [2.24, 2.45) is 0 Å². The highest BCUT2D eigenvalue weighted by atomic mass is 16.4. The Morgan fingerprint density at radius 3 is 1.27 bits per heavy atom. The second-order valence-electron chi connectivity index (χ2n) is 5.14. The van der Waals surface area contributed by atoms with Crippen LogP contribution in [0.3, 0.4) is 0 Å². The van der Waals surface area contributed by atoms with Crippen molar-refractivity contribution in [2.75, 3.05) is 6.61 Å². The summed E-state index contributed by atoms with van der Waals surface area (Å²) in [6, 6.07) is 0. The molecule has 0 aromatic carbocycles. The van der Waals surface area contributed by atoms with Crippen LogP contribution in [0.1, 0.15) is 34.6 Å². The summed E-state index contributed by atoms with van der Waals surface area (Å²) in [5, 5.41) is 48.6. The number of aliphatic hydroxyl groups excluding tert-OH is 1. The van der Waals surface area contributed by atoms with E-state index < -0.39 is 29.0 Å². The molecule has 0 spiro atoms. The van der Waals surface area contributed by atoms with Gasteiger partial charge in [-0.25, -0.2) is 0 Å². The molecule has 3 atom stereocenters. The minimum atomic E-state index is -2.06. The van der Waals surface area contributed by atoms with E-state index >= 15 is 0 Å². The lowest BCUT2D eigenvalue weighted by molar-refractivity contribution is -0.281. The first-order valence-corrected chi connectivity index (χ1v) is 4.81. The average Bonchev–Trinajstić information content (AvgIpc) is 2.01. The summed E-state index contributed by atoms with van der Waals surface area (Å²) in [6.07, 6.45) is 0. The molecule has 0 aliphatic heterocycles. The van der Waals surface area contributed by atoms with Gasteiger partial charge in [0.05, 0.1) is 12.2 Å². The molecule has 0 fully saturated rings. The number of hydrogen-bond acceptors (Lipinski definition) is 5. The lowest BCUT2D eigenvalue weighted by atomic mass is 9.67. The van der Waals surface area contributed by atoms with Crippen molar-refractivity contribution in [1.29, 1.82) is 0 Å². The summed E-state index contributed by atoms with van der Waals surface area (Å²) >= 11 is 0. The predicted molar refractivity (Wildman–Crippen MR) is 55.3 cm³/mol. The molecule has 3 unspecified atom stereocenters. The highest BCUT2D eigenvalue weighted by Gasteiger charge is 2.59. The Hall–Kier alpha value is -0.200. The van der Waals surface area contributed by atoms with Gasteiger partial charge in [-0.05, 0) is 34.6 Å². The predicted octanol–water partition coefficient (Wildman–Crippen LogP) is -0.997. The van der Waals surface area contributed by atoms with Crippen LogP contribution in [0.15, 0.2) is 0 Å². The molecule has 5 nitrogen and oxygen atoms in total. The van der Waals surface area contributed by atoms with Crippen LogP contribution in [0.25, 0.3) is 0 Å². The Bertz CT molecular complexity index is 224. The van der Waals surface area contributed by atoms with Gasteiger partial charge in [0.25, 0.3) is 0 Å². The summed E-state index contributed by atoms with van der Waals surface area (Å²) in [6.45, 7) is 5.46. The summed E-state index contributed by atoms with van der Waals surface area (Å²) in [7, 11) is 0. The zero-order valence-corrected chi connectivity index (χ0v) is 9.94. The molecule has 0 radical (unpaired) electrons. The van der Waals surface area contributed by atoms with Crippen LogP contribution >= 0.6 is 0 Å². The molecule has 5 N–H and O–H groups in total. The van der Waals surface area contributed by atoms with Gasteiger partial charge < -0.3 is 25.5 Å². The van der Waals surface area contributed by atoms with E-state index in [4.69, 9.17) is 5.11 Å². The van der Waals surface area contributed by atoms with Crippen molar-refractivity contribution in [3.8, 4) is 0 Å². The molecule has 0 bridgehead atoms. The maximum absolute atomic E-state index is 10.1. The van der Waals surface area contributed by atoms with E-state index in [1.807, 2.05) is 0 Å². The normalized spacial score (nSPS) is 25.2. The molecule has 0 saturated carbocycles. The minimum Gasteiger partial charge on any atom is -0.393 e. The van der Waals surface area contributed by atoms with Gasteiger partial charge in [-0.2, -0.15) is 0 Å².